The van der Waals surface area contributed by atoms with Gasteiger partial charge in [0.05, 0.1) is 5.69 Å². The lowest BCUT2D eigenvalue weighted by atomic mass is 10.1. The lowest BCUT2D eigenvalue weighted by Gasteiger charge is -2.12. The summed E-state index contributed by atoms with van der Waals surface area (Å²) in [6.45, 7) is 4.15. The Balaban J connectivity index is 2.23. The van der Waals surface area contributed by atoms with Crippen molar-refractivity contribution in [2.24, 2.45) is 0 Å². The molecule has 21 heavy (non-hydrogen) atoms. The first-order valence-electron chi connectivity index (χ1n) is 6.85. The van der Waals surface area contributed by atoms with Crippen LogP contribution in [0, 0.1) is 13.8 Å². The molecule has 0 amide bonds. The number of benzene rings is 1. The third-order valence-corrected chi connectivity index (χ3v) is 4.39. The summed E-state index contributed by atoms with van der Waals surface area (Å²) in [5.41, 5.74) is 5.48. The Bertz CT molecular complexity index is 763. The van der Waals surface area contributed by atoms with E-state index in [1.807, 2.05) is 25.2 Å². The highest BCUT2D eigenvalue weighted by Crippen LogP contribution is 2.31. The van der Waals surface area contributed by atoms with Gasteiger partial charge < -0.3 is 5.32 Å². The zero-order chi connectivity index (χ0) is 14.8. The van der Waals surface area contributed by atoms with Gasteiger partial charge in [-0.2, -0.15) is 11.3 Å². The lowest BCUT2D eigenvalue weighted by Crippen LogP contribution is -2.03. The highest BCUT2D eigenvalue weighted by molar-refractivity contribution is 7.08. The first-order valence-corrected chi connectivity index (χ1v) is 7.80. The third-order valence-electron chi connectivity index (χ3n) is 3.53. The number of nitrogens with zero attached hydrogens (tertiary/aromatic N) is 2. The molecule has 2 aromatic heterocycles. The number of thiophene rings is 1. The molecule has 3 aromatic rings. The summed E-state index contributed by atoms with van der Waals surface area (Å²) >= 11 is 1.68. The van der Waals surface area contributed by atoms with Crippen molar-refractivity contribution in [1.29, 1.82) is 0 Å². The molecular weight excluding hydrogens is 278 g/mol. The number of nitrogens with one attached hydrogen (secondary N) is 1. The van der Waals surface area contributed by atoms with Crippen molar-refractivity contribution in [2.75, 3.05) is 12.4 Å². The molecule has 0 radical (unpaired) electrons. The van der Waals surface area contributed by atoms with Gasteiger partial charge in [0.25, 0.3) is 0 Å². The van der Waals surface area contributed by atoms with Gasteiger partial charge in [0.15, 0.2) is 5.82 Å². The highest BCUT2D eigenvalue weighted by atomic mass is 32.1. The van der Waals surface area contributed by atoms with Crippen LogP contribution in [0.5, 0.6) is 0 Å². The molecular formula is C17H17N3S. The Labute approximate surface area is 128 Å². The predicted molar refractivity (Wildman–Crippen MR) is 89.8 cm³/mol. The number of aryl methyl sites for hydroxylation is 1. The summed E-state index contributed by atoms with van der Waals surface area (Å²) in [4.78, 5) is 9.47. The van der Waals surface area contributed by atoms with Crippen molar-refractivity contribution < 1.29 is 0 Å². The van der Waals surface area contributed by atoms with Crippen LogP contribution in [0.15, 0.2) is 41.1 Å². The first-order chi connectivity index (χ1) is 10.2. The maximum atomic E-state index is 4.81. The molecule has 1 N–H and O–H groups in total. The summed E-state index contributed by atoms with van der Waals surface area (Å²) < 4.78 is 0. The summed E-state index contributed by atoms with van der Waals surface area (Å²) in [6, 6.07) is 10.2. The van der Waals surface area contributed by atoms with Gasteiger partial charge in [-0.05, 0) is 24.8 Å². The lowest BCUT2D eigenvalue weighted by molar-refractivity contribution is 1.13. The molecule has 2 heterocycles. The highest BCUT2D eigenvalue weighted by Gasteiger charge is 2.14. The maximum absolute atomic E-state index is 4.81. The normalized spacial score (nSPS) is 10.6. The average Bonchev–Trinajstić information content (AvgIpc) is 2.94. The first kappa shape index (κ1) is 13.8. The van der Waals surface area contributed by atoms with E-state index in [9.17, 15) is 0 Å². The summed E-state index contributed by atoms with van der Waals surface area (Å²) in [6.07, 6.45) is 0. The minimum Gasteiger partial charge on any atom is -0.373 e. The summed E-state index contributed by atoms with van der Waals surface area (Å²) in [5.74, 6) is 1.66. The average molecular weight is 295 g/mol. The van der Waals surface area contributed by atoms with Crippen molar-refractivity contribution >= 4 is 17.2 Å². The van der Waals surface area contributed by atoms with Crippen molar-refractivity contribution in [3.8, 4) is 22.6 Å². The molecule has 0 atom stereocenters. The second kappa shape index (κ2) is 5.66. The van der Waals surface area contributed by atoms with Crippen LogP contribution in [0.25, 0.3) is 22.6 Å². The van der Waals surface area contributed by atoms with Crippen molar-refractivity contribution in [1.82, 2.24) is 9.97 Å². The molecule has 1 aromatic carbocycles. The zero-order valence-electron chi connectivity index (χ0n) is 12.3. The molecule has 0 saturated heterocycles. The van der Waals surface area contributed by atoms with Gasteiger partial charge >= 0.3 is 0 Å². The maximum Gasteiger partial charge on any atom is 0.163 e. The number of aromatic nitrogens is 2. The van der Waals surface area contributed by atoms with Crippen LogP contribution >= 0.6 is 11.3 Å². The van der Waals surface area contributed by atoms with E-state index >= 15 is 0 Å². The number of rotatable bonds is 3. The van der Waals surface area contributed by atoms with E-state index in [2.05, 4.69) is 47.0 Å². The topological polar surface area (TPSA) is 37.8 Å². The van der Waals surface area contributed by atoms with Crippen molar-refractivity contribution in [3.63, 3.8) is 0 Å². The number of anilines is 1. The molecule has 4 heteroatoms. The van der Waals surface area contributed by atoms with E-state index in [-0.39, 0.29) is 0 Å². The van der Waals surface area contributed by atoms with Gasteiger partial charge in [0.2, 0.25) is 0 Å². The van der Waals surface area contributed by atoms with Crippen molar-refractivity contribution in [3.05, 3.63) is 52.2 Å². The van der Waals surface area contributed by atoms with Gasteiger partial charge in [-0.1, -0.05) is 30.3 Å². The van der Waals surface area contributed by atoms with E-state index in [0.717, 1.165) is 34.0 Å². The quantitative estimate of drug-likeness (QED) is 0.771. The van der Waals surface area contributed by atoms with E-state index in [0.29, 0.717) is 0 Å². The fourth-order valence-electron chi connectivity index (χ4n) is 2.35. The standard InChI is InChI=1S/C17H17N3S/c1-11-9-21-10-14(11)17-19-15(12(2)16(18-3)20-17)13-7-5-4-6-8-13/h4-10H,1-3H3,(H,18,19,20). The molecule has 3 rings (SSSR count). The van der Waals surface area contributed by atoms with E-state index in [1.165, 1.54) is 5.56 Å². The number of hydrogen-bond acceptors (Lipinski definition) is 4. The van der Waals surface area contributed by atoms with Crippen molar-refractivity contribution in [2.45, 2.75) is 13.8 Å². The summed E-state index contributed by atoms with van der Waals surface area (Å²) in [5, 5.41) is 7.41. The third kappa shape index (κ3) is 2.54. The van der Waals surface area contributed by atoms with E-state index in [4.69, 9.17) is 4.98 Å². The predicted octanol–water partition coefficient (Wildman–Crippen LogP) is 4.53. The van der Waals surface area contributed by atoms with Gasteiger partial charge in [0, 0.05) is 29.1 Å². The zero-order valence-corrected chi connectivity index (χ0v) is 13.2. The molecule has 106 valence electrons. The molecule has 0 unspecified atom stereocenters. The van der Waals surface area contributed by atoms with Gasteiger partial charge in [-0.25, -0.2) is 9.97 Å². The Morgan fingerprint density at radius 3 is 2.38 bits per heavy atom. The Hall–Kier alpha value is -2.20. The minimum atomic E-state index is 0.780. The fourth-order valence-corrected chi connectivity index (χ4v) is 3.17. The van der Waals surface area contributed by atoms with Crippen LogP contribution in [0.1, 0.15) is 11.1 Å². The minimum absolute atomic E-state index is 0.780. The molecule has 0 aliphatic heterocycles. The summed E-state index contributed by atoms with van der Waals surface area (Å²) in [7, 11) is 1.90. The monoisotopic (exact) mass is 295 g/mol. The fraction of sp³-hybridized carbons (Fsp3) is 0.176. The molecule has 0 saturated carbocycles. The molecule has 0 spiro atoms. The van der Waals surface area contributed by atoms with Gasteiger partial charge in [0.1, 0.15) is 5.82 Å². The largest absolute Gasteiger partial charge is 0.373 e. The molecule has 0 fully saturated rings. The number of hydrogen-bond donors (Lipinski definition) is 1. The second-order valence-electron chi connectivity index (χ2n) is 4.95. The Kier molecular flexibility index (Phi) is 3.71. The van der Waals surface area contributed by atoms with E-state index < -0.39 is 0 Å². The van der Waals surface area contributed by atoms with Gasteiger partial charge in [-0.15, -0.1) is 0 Å². The van der Waals surface area contributed by atoms with Crippen LogP contribution in [0.2, 0.25) is 0 Å². The molecule has 0 aliphatic carbocycles. The van der Waals surface area contributed by atoms with Crippen LogP contribution in [-0.4, -0.2) is 17.0 Å². The smallest absolute Gasteiger partial charge is 0.163 e. The Morgan fingerprint density at radius 2 is 1.76 bits per heavy atom. The van der Waals surface area contributed by atoms with Crippen LogP contribution in [0.4, 0.5) is 5.82 Å². The van der Waals surface area contributed by atoms with Crippen LogP contribution < -0.4 is 5.32 Å². The Morgan fingerprint density at radius 1 is 1.00 bits per heavy atom. The van der Waals surface area contributed by atoms with Gasteiger partial charge in [-0.3, -0.25) is 0 Å². The molecule has 3 nitrogen and oxygen atoms in total. The SMILES string of the molecule is CNc1nc(-c2cscc2C)nc(-c2ccccc2)c1C. The molecule has 0 bridgehead atoms. The van der Waals surface area contributed by atoms with Crippen LogP contribution in [-0.2, 0) is 0 Å². The molecule has 0 aliphatic rings. The van der Waals surface area contributed by atoms with E-state index in [1.54, 1.807) is 11.3 Å². The van der Waals surface area contributed by atoms with Crippen LogP contribution in [0.3, 0.4) is 0 Å². The second-order valence-corrected chi connectivity index (χ2v) is 5.70.